The highest BCUT2D eigenvalue weighted by molar-refractivity contribution is 9.10. The average Bonchev–Trinajstić information content (AvgIpc) is 2.75. The van der Waals surface area contributed by atoms with Gasteiger partial charge in [0, 0.05) is 4.47 Å². The van der Waals surface area contributed by atoms with Gasteiger partial charge >= 0.3 is 0 Å². The van der Waals surface area contributed by atoms with Crippen molar-refractivity contribution in [1.82, 2.24) is 4.98 Å². The molecule has 1 aromatic carbocycles. The minimum Gasteiger partial charge on any atom is -0.438 e. The number of amides is 1. The Kier molecular flexibility index (Phi) is 3.05. The lowest BCUT2D eigenvalue weighted by Crippen LogP contribution is -2.11. The topological polar surface area (TPSA) is 55.1 Å². The molecule has 2 aromatic rings. The summed E-state index contributed by atoms with van der Waals surface area (Å²) in [5.41, 5.74) is 1.82. The van der Waals surface area contributed by atoms with Crippen LogP contribution in [0.15, 0.2) is 39.7 Å². The zero-order chi connectivity index (χ0) is 11.5. The van der Waals surface area contributed by atoms with E-state index in [-0.39, 0.29) is 11.7 Å². The van der Waals surface area contributed by atoms with E-state index in [0.29, 0.717) is 5.69 Å². The molecule has 0 aliphatic heterocycles. The first-order chi connectivity index (χ1) is 7.66. The number of nitrogens with one attached hydrogen (secondary N) is 1. The number of anilines is 1. The number of aryl methyl sites for hydroxylation is 1. The Hall–Kier alpha value is -1.62. The second-order valence-electron chi connectivity index (χ2n) is 3.30. The molecule has 0 spiro atoms. The quantitative estimate of drug-likeness (QED) is 0.920. The van der Waals surface area contributed by atoms with Crippen LogP contribution in [0.4, 0.5) is 5.69 Å². The lowest BCUT2D eigenvalue weighted by molar-refractivity contribution is 0.0996. The van der Waals surface area contributed by atoms with Gasteiger partial charge in [-0.05, 0) is 40.5 Å². The predicted molar refractivity (Wildman–Crippen MR) is 63.3 cm³/mol. The van der Waals surface area contributed by atoms with Crippen molar-refractivity contribution in [2.24, 2.45) is 0 Å². The maximum Gasteiger partial charge on any atom is 0.293 e. The molecule has 1 aromatic heterocycles. The molecule has 1 amide bonds. The number of oxazole rings is 1. The smallest absolute Gasteiger partial charge is 0.293 e. The van der Waals surface area contributed by atoms with Gasteiger partial charge in [0.05, 0.1) is 11.9 Å². The highest BCUT2D eigenvalue weighted by atomic mass is 79.9. The fourth-order valence-electron chi connectivity index (χ4n) is 1.23. The Morgan fingerprint density at radius 3 is 2.94 bits per heavy atom. The zero-order valence-electron chi connectivity index (χ0n) is 8.53. The molecule has 0 unspecified atom stereocenters. The Balaban J connectivity index is 2.18. The zero-order valence-corrected chi connectivity index (χ0v) is 10.1. The first kappa shape index (κ1) is 10.9. The van der Waals surface area contributed by atoms with Crippen molar-refractivity contribution in [3.63, 3.8) is 0 Å². The van der Waals surface area contributed by atoms with Gasteiger partial charge in [-0.15, -0.1) is 0 Å². The monoisotopic (exact) mass is 280 g/mol. The Bertz CT molecular complexity index is 509. The van der Waals surface area contributed by atoms with Crippen LogP contribution in [0, 0.1) is 6.92 Å². The summed E-state index contributed by atoms with van der Waals surface area (Å²) in [7, 11) is 0. The van der Waals surface area contributed by atoms with Gasteiger partial charge in [-0.3, -0.25) is 4.79 Å². The van der Waals surface area contributed by atoms with Crippen molar-refractivity contribution in [2.45, 2.75) is 6.92 Å². The number of benzene rings is 1. The molecular formula is C11H9BrN2O2. The van der Waals surface area contributed by atoms with Crippen molar-refractivity contribution >= 4 is 27.5 Å². The number of nitrogens with zero attached hydrogens (tertiary/aromatic N) is 1. The molecule has 1 heterocycles. The molecule has 0 aliphatic carbocycles. The normalized spacial score (nSPS) is 10.1. The van der Waals surface area contributed by atoms with Crippen LogP contribution in [0.5, 0.6) is 0 Å². The van der Waals surface area contributed by atoms with E-state index in [2.05, 4.69) is 26.2 Å². The molecule has 0 atom stereocenters. The van der Waals surface area contributed by atoms with Crippen LogP contribution in [0.25, 0.3) is 0 Å². The first-order valence-corrected chi connectivity index (χ1v) is 5.42. The summed E-state index contributed by atoms with van der Waals surface area (Å²) < 4.78 is 5.73. The van der Waals surface area contributed by atoms with Crippen molar-refractivity contribution in [3.8, 4) is 0 Å². The molecular weight excluding hydrogens is 272 g/mol. The van der Waals surface area contributed by atoms with E-state index in [1.54, 1.807) is 0 Å². The molecule has 0 fully saturated rings. The number of halogens is 1. The van der Waals surface area contributed by atoms with Crippen LogP contribution in [-0.4, -0.2) is 10.9 Å². The molecule has 82 valence electrons. The van der Waals surface area contributed by atoms with E-state index in [0.717, 1.165) is 10.0 Å². The highest BCUT2D eigenvalue weighted by Gasteiger charge is 2.10. The third-order valence-corrected chi connectivity index (χ3v) is 2.68. The minimum atomic E-state index is -0.318. The summed E-state index contributed by atoms with van der Waals surface area (Å²) in [5.74, 6) is -0.130. The molecule has 0 saturated carbocycles. The second-order valence-corrected chi connectivity index (χ2v) is 4.16. The first-order valence-electron chi connectivity index (χ1n) is 4.63. The van der Waals surface area contributed by atoms with E-state index in [1.165, 1.54) is 12.6 Å². The fraction of sp³-hybridized carbons (Fsp3) is 0.0909. The Morgan fingerprint density at radius 2 is 2.31 bits per heavy atom. The summed E-state index contributed by atoms with van der Waals surface area (Å²) in [6, 6.07) is 5.67. The lowest BCUT2D eigenvalue weighted by Gasteiger charge is -2.06. The number of hydrogen-bond donors (Lipinski definition) is 1. The predicted octanol–water partition coefficient (Wildman–Crippen LogP) is 3.00. The van der Waals surface area contributed by atoms with Crippen molar-refractivity contribution in [3.05, 3.63) is 46.6 Å². The molecule has 0 saturated heterocycles. The summed E-state index contributed by atoms with van der Waals surface area (Å²) in [4.78, 5) is 15.3. The molecule has 16 heavy (non-hydrogen) atoms. The standard InChI is InChI=1S/C11H9BrN2O2/c1-7-2-3-9(8(12)4-7)14-11(15)10-5-13-6-16-10/h2-6H,1H3,(H,14,15). The molecule has 0 bridgehead atoms. The highest BCUT2D eigenvalue weighted by Crippen LogP contribution is 2.23. The van der Waals surface area contributed by atoms with Crippen LogP contribution in [0.1, 0.15) is 16.1 Å². The van der Waals surface area contributed by atoms with Gasteiger partial charge in [-0.1, -0.05) is 6.07 Å². The van der Waals surface area contributed by atoms with E-state index in [1.807, 2.05) is 25.1 Å². The van der Waals surface area contributed by atoms with E-state index in [9.17, 15) is 4.79 Å². The van der Waals surface area contributed by atoms with Gasteiger partial charge in [0.15, 0.2) is 6.39 Å². The average molecular weight is 281 g/mol. The second kappa shape index (κ2) is 4.49. The van der Waals surface area contributed by atoms with E-state index >= 15 is 0 Å². The number of rotatable bonds is 2. The molecule has 5 heteroatoms. The summed E-state index contributed by atoms with van der Waals surface area (Å²) in [5, 5.41) is 2.72. The number of carbonyl (C=O) groups excluding carboxylic acids is 1. The molecule has 2 rings (SSSR count). The largest absolute Gasteiger partial charge is 0.438 e. The van der Waals surface area contributed by atoms with Crippen molar-refractivity contribution in [1.29, 1.82) is 0 Å². The SMILES string of the molecule is Cc1ccc(NC(=O)c2cnco2)c(Br)c1. The van der Waals surface area contributed by atoms with Crippen LogP contribution in [-0.2, 0) is 0 Å². The molecule has 0 radical (unpaired) electrons. The maximum absolute atomic E-state index is 11.6. The van der Waals surface area contributed by atoms with Crippen LogP contribution in [0.3, 0.4) is 0 Å². The van der Waals surface area contributed by atoms with E-state index in [4.69, 9.17) is 4.42 Å². The Labute approximate surface area is 101 Å². The molecule has 0 aliphatic rings. The van der Waals surface area contributed by atoms with E-state index < -0.39 is 0 Å². The fourth-order valence-corrected chi connectivity index (χ4v) is 1.83. The molecule has 1 N–H and O–H groups in total. The number of hydrogen-bond acceptors (Lipinski definition) is 3. The Morgan fingerprint density at radius 1 is 1.50 bits per heavy atom. The van der Waals surface area contributed by atoms with Crippen LogP contribution >= 0.6 is 15.9 Å². The van der Waals surface area contributed by atoms with Crippen molar-refractivity contribution < 1.29 is 9.21 Å². The maximum atomic E-state index is 11.6. The van der Waals surface area contributed by atoms with Gasteiger partial charge in [-0.2, -0.15) is 0 Å². The number of aromatic nitrogens is 1. The van der Waals surface area contributed by atoms with Gasteiger partial charge in [0.1, 0.15) is 0 Å². The van der Waals surface area contributed by atoms with Crippen LogP contribution < -0.4 is 5.32 Å². The van der Waals surface area contributed by atoms with Crippen molar-refractivity contribution in [2.75, 3.05) is 5.32 Å². The summed E-state index contributed by atoms with van der Waals surface area (Å²) >= 11 is 3.38. The third kappa shape index (κ3) is 2.30. The van der Waals surface area contributed by atoms with Gasteiger partial charge in [0.2, 0.25) is 5.76 Å². The number of carbonyl (C=O) groups is 1. The van der Waals surface area contributed by atoms with Gasteiger partial charge in [0.25, 0.3) is 5.91 Å². The van der Waals surface area contributed by atoms with Gasteiger partial charge < -0.3 is 9.73 Å². The lowest BCUT2D eigenvalue weighted by atomic mass is 10.2. The minimum absolute atomic E-state index is 0.187. The summed E-state index contributed by atoms with van der Waals surface area (Å²) in [6.45, 7) is 1.98. The summed E-state index contributed by atoms with van der Waals surface area (Å²) in [6.07, 6.45) is 2.59. The van der Waals surface area contributed by atoms with Crippen LogP contribution in [0.2, 0.25) is 0 Å². The molecule has 4 nitrogen and oxygen atoms in total. The van der Waals surface area contributed by atoms with Gasteiger partial charge in [-0.25, -0.2) is 4.98 Å². The third-order valence-electron chi connectivity index (χ3n) is 2.03.